The summed E-state index contributed by atoms with van der Waals surface area (Å²) in [7, 11) is 0. The van der Waals surface area contributed by atoms with Crippen molar-refractivity contribution >= 4 is 5.97 Å². The van der Waals surface area contributed by atoms with Gasteiger partial charge in [0.1, 0.15) is 5.82 Å². The van der Waals surface area contributed by atoms with Crippen molar-refractivity contribution in [2.45, 2.75) is 62.7 Å². The Hall–Kier alpha value is -1.38. The molecule has 20 heavy (non-hydrogen) atoms. The van der Waals surface area contributed by atoms with Gasteiger partial charge >= 0.3 is 5.97 Å². The third-order valence-corrected chi connectivity index (χ3v) is 5.21. The lowest BCUT2D eigenvalue weighted by molar-refractivity contribution is -0.147. The van der Waals surface area contributed by atoms with E-state index in [2.05, 4.69) is 0 Å². The molecule has 1 N–H and O–H groups in total. The number of carbonyl (C=O) groups is 1. The van der Waals surface area contributed by atoms with Crippen molar-refractivity contribution in [1.82, 2.24) is 0 Å². The van der Waals surface area contributed by atoms with Gasteiger partial charge in [0.15, 0.2) is 0 Å². The van der Waals surface area contributed by atoms with Crippen LogP contribution in [0.2, 0.25) is 0 Å². The molecule has 2 saturated carbocycles. The van der Waals surface area contributed by atoms with Crippen molar-refractivity contribution in [3.05, 3.63) is 35.1 Å². The first-order chi connectivity index (χ1) is 9.63. The van der Waals surface area contributed by atoms with Gasteiger partial charge in [-0.25, -0.2) is 4.39 Å². The Morgan fingerprint density at radius 2 is 1.85 bits per heavy atom. The van der Waals surface area contributed by atoms with Crippen molar-refractivity contribution in [1.29, 1.82) is 0 Å². The van der Waals surface area contributed by atoms with Crippen LogP contribution in [0.5, 0.6) is 0 Å². The first-order valence-electron chi connectivity index (χ1n) is 7.67. The van der Waals surface area contributed by atoms with Gasteiger partial charge in [-0.15, -0.1) is 0 Å². The van der Waals surface area contributed by atoms with Crippen LogP contribution in [0.25, 0.3) is 0 Å². The van der Waals surface area contributed by atoms with Gasteiger partial charge in [-0.1, -0.05) is 37.8 Å². The second-order valence-corrected chi connectivity index (χ2v) is 6.31. The molecule has 0 aromatic heterocycles. The van der Waals surface area contributed by atoms with Crippen molar-refractivity contribution in [2.24, 2.45) is 0 Å². The summed E-state index contributed by atoms with van der Waals surface area (Å²) in [5.74, 6) is -0.699. The third-order valence-electron chi connectivity index (χ3n) is 5.21. The van der Waals surface area contributed by atoms with Crippen LogP contribution < -0.4 is 0 Å². The Morgan fingerprint density at radius 1 is 1.15 bits per heavy atom. The fourth-order valence-electron chi connectivity index (χ4n) is 3.73. The summed E-state index contributed by atoms with van der Waals surface area (Å²) in [6.07, 6.45) is 7.88. The monoisotopic (exact) mass is 276 g/mol. The van der Waals surface area contributed by atoms with Crippen molar-refractivity contribution in [3.63, 3.8) is 0 Å². The molecule has 1 aromatic carbocycles. The van der Waals surface area contributed by atoms with E-state index in [1.807, 2.05) is 12.1 Å². The lowest BCUT2D eigenvalue weighted by atomic mass is 9.64. The normalized spacial score (nSPS) is 22.2. The van der Waals surface area contributed by atoms with Crippen molar-refractivity contribution in [3.8, 4) is 0 Å². The number of aliphatic carboxylic acids is 1. The molecule has 0 unspecified atom stereocenters. The number of carboxylic acids is 1. The molecule has 2 aliphatic carbocycles. The van der Waals surface area contributed by atoms with Crippen LogP contribution >= 0.6 is 0 Å². The van der Waals surface area contributed by atoms with Crippen LogP contribution in [-0.2, 0) is 10.2 Å². The highest BCUT2D eigenvalue weighted by Crippen LogP contribution is 2.45. The highest BCUT2D eigenvalue weighted by Gasteiger charge is 2.46. The topological polar surface area (TPSA) is 37.3 Å². The molecule has 0 saturated heterocycles. The number of halogens is 1. The van der Waals surface area contributed by atoms with E-state index in [1.54, 1.807) is 0 Å². The van der Waals surface area contributed by atoms with Gasteiger partial charge in [0, 0.05) is 0 Å². The molecule has 3 rings (SSSR count). The largest absolute Gasteiger partial charge is 0.481 e. The maximum absolute atomic E-state index is 14.4. The summed E-state index contributed by atoms with van der Waals surface area (Å²) < 4.78 is 14.4. The van der Waals surface area contributed by atoms with Crippen molar-refractivity contribution in [2.75, 3.05) is 0 Å². The summed E-state index contributed by atoms with van der Waals surface area (Å²) in [6, 6.07) is 5.17. The minimum absolute atomic E-state index is 0.207. The molecule has 0 radical (unpaired) electrons. The molecule has 108 valence electrons. The number of hydrogen-bond acceptors (Lipinski definition) is 1. The fraction of sp³-hybridized carbons (Fsp3) is 0.588. The zero-order chi connectivity index (χ0) is 14.2. The Balaban J connectivity index is 1.89. The van der Waals surface area contributed by atoms with E-state index in [0.29, 0.717) is 24.3 Å². The maximum atomic E-state index is 14.4. The van der Waals surface area contributed by atoms with Crippen molar-refractivity contribution < 1.29 is 14.3 Å². The summed E-state index contributed by atoms with van der Waals surface area (Å²) in [5, 5.41) is 9.42. The lowest BCUT2D eigenvalue weighted by Gasteiger charge is -2.38. The van der Waals surface area contributed by atoms with Gasteiger partial charge in [-0.3, -0.25) is 4.79 Å². The minimum Gasteiger partial charge on any atom is -0.481 e. The standard InChI is InChI=1S/C17H21FO2/c18-15-11-13(17(16(19)20)9-4-10-17)7-8-14(15)12-5-2-1-3-6-12/h7-8,11-12H,1-6,9-10H2,(H,19,20). The quantitative estimate of drug-likeness (QED) is 0.889. The Labute approximate surface area is 119 Å². The smallest absolute Gasteiger partial charge is 0.314 e. The molecule has 0 aliphatic heterocycles. The number of benzene rings is 1. The van der Waals surface area contributed by atoms with Crippen LogP contribution in [0.15, 0.2) is 18.2 Å². The van der Waals surface area contributed by atoms with Gasteiger partial charge in [-0.2, -0.15) is 0 Å². The lowest BCUT2D eigenvalue weighted by Crippen LogP contribution is -2.42. The first-order valence-corrected chi connectivity index (χ1v) is 7.67. The fourth-order valence-corrected chi connectivity index (χ4v) is 3.73. The van der Waals surface area contributed by atoms with Gasteiger partial charge in [-0.05, 0) is 48.8 Å². The second-order valence-electron chi connectivity index (χ2n) is 6.31. The molecule has 1 aromatic rings. The summed E-state index contributed by atoms with van der Waals surface area (Å²) in [5.41, 5.74) is 0.605. The molecule has 2 fully saturated rings. The van der Waals surface area contributed by atoms with E-state index in [9.17, 15) is 14.3 Å². The predicted octanol–water partition coefficient (Wildman–Crippen LogP) is 4.38. The van der Waals surface area contributed by atoms with Crippen LogP contribution in [0, 0.1) is 5.82 Å². The van der Waals surface area contributed by atoms with E-state index in [4.69, 9.17) is 0 Å². The SMILES string of the molecule is O=C(O)C1(c2ccc(C3CCCCC3)c(F)c2)CCC1. The van der Waals surface area contributed by atoms with Crippen LogP contribution in [-0.4, -0.2) is 11.1 Å². The average molecular weight is 276 g/mol. The molecule has 2 nitrogen and oxygen atoms in total. The molecule has 0 amide bonds. The van der Waals surface area contributed by atoms with Gasteiger partial charge in [0.25, 0.3) is 0 Å². The highest BCUT2D eigenvalue weighted by atomic mass is 19.1. The van der Waals surface area contributed by atoms with Gasteiger partial charge < -0.3 is 5.11 Å². The van der Waals surface area contributed by atoms with E-state index >= 15 is 0 Å². The van der Waals surface area contributed by atoms with E-state index < -0.39 is 11.4 Å². The number of rotatable bonds is 3. The highest BCUT2D eigenvalue weighted by molar-refractivity contribution is 5.82. The Bertz CT molecular complexity index is 514. The van der Waals surface area contributed by atoms with Crippen LogP contribution in [0.1, 0.15) is 68.4 Å². The minimum atomic E-state index is -0.827. The van der Waals surface area contributed by atoms with E-state index in [-0.39, 0.29) is 5.82 Å². The molecule has 0 bridgehead atoms. The summed E-state index contributed by atoms with van der Waals surface area (Å²) >= 11 is 0. The third kappa shape index (κ3) is 2.13. The molecule has 0 atom stereocenters. The zero-order valence-corrected chi connectivity index (χ0v) is 11.7. The summed E-state index contributed by atoms with van der Waals surface area (Å²) in [4.78, 5) is 11.5. The van der Waals surface area contributed by atoms with Gasteiger partial charge in [0.2, 0.25) is 0 Å². The first kappa shape index (κ1) is 13.6. The number of hydrogen-bond donors (Lipinski definition) is 1. The molecule has 3 heteroatoms. The zero-order valence-electron chi connectivity index (χ0n) is 11.7. The van der Waals surface area contributed by atoms with Crippen LogP contribution in [0.3, 0.4) is 0 Å². The number of carboxylic acid groups (broad SMARTS) is 1. The summed E-state index contributed by atoms with van der Waals surface area (Å²) in [6.45, 7) is 0. The molecular formula is C17H21FO2. The molecular weight excluding hydrogens is 255 g/mol. The second kappa shape index (κ2) is 5.19. The van der Waals surface area contributed by atoms with Gasteiger partial charge in [0.05, 0.1) is 5.41 Å². The Morgan fingerprint density at radius 3 is 2.35 bits per heavy atom. The Kier molecular flexibility index (Phi) is 3.53. The molecule has 0 heterocycles. The predicted molar refractivity (Wildman–Crippen MR) is 75.4 cm³/mol. The van der Waals surface area contributed by atoms with Crippen LogP contribution in [0.4, 0.5) is 4.39 Å². The average Bonchev–Trinajstić information content (AvgIpc) is 2.38. The maximum Gasteiger partial charge on any atom is 0.314 e. The molecule has 2 aliphatic rings. The van der Waals surface area contributed by atoms with E-state index in [0.717, 1.165) is 24.8 Å². The van der Waals surface area contributed by atoms with E-state index in [1.165, 1.54) is 25.3 Å². The molecule has 0 spiro atoms.